The fraction of sp³-hybridized carbons (Fsp3) is 0.208. The largest absolute Gasteiger partial charge is 0.489 e. The number of hydrogen-bond acceptors (Lipinski definition) is 7. The maximum Gasteiger partial charge on any atom is 0.175 e. The van der Waals surface area contributed by atoms with Gasteiger partial charge in [-0.05, 0) is 36.2 Å². The Hall–Kier alpha value is -3.59. The van der Waals surface area contributed by atoms with Crippen LogP contribution in [0.4, 0.5) is 10.2 Å². The van der Waals surface area contributed by atoms with Gasteiger partial charge in [-0.2, -0.15) is 0 Å². The van der Waals surface area contributed by atoms with Crippen LogP contribution < -0.4 is 10.1 Å². The highest BCUT2D eigenvalue weighted by atomic mass is 32.2. The second-order valence-corrected chi connectivity index (χ2v) is 10.4. The lowest BCUT2D eigenvalue weighted by Crippen LogP contribution is -2.07. The van der Waals surface area contributed by atoms with Crippen LogP contribution in [0.25, 0.3) is 22.0 Å². The number of hydrogen-bond donors (Lipinski definition) is 1. The molecule has 1 N–H and O–H groups in total. The van der Waals surface area contributed by atoms with Gasteiger partial charge in [0.05, 0.1) is 15.8 Å². The summed E-state index contributed by atoms with van der Waals surface area (Å²) in [7, 11) is -3.28. The third-order valence-electron chi connectivity index (χ3n) is 6.21. The number of fused-ring (bicyclic) bond motifs is 4. The van der Waals surface area contributed by atoms with E-state index in [0.717, 1.165) is 28.9 Å². The van der Waals surface area contributed by atoms with Crippen molar-refractivity contribution in [2.75, 3.05) is 11.6 Å². The van der Waals surface area contributed by atoms with Crippen LogP contribution in [0.3, 0.4) is 0 Å². The van der Waals surface area contributed by atoms with Crippen LogP contribution in [0.1, 0.15) is 23.5 Å². The molecular formula is C24H19FN4O3S. The second kappa shape index (κ2) is 7.21. The first-order chi connectivity index (χ1) is 15.9. The summed E-state index contributed by atoms with van der Waals surface area (Å²) in [5, 5.41) is 3.95. The lowest BCUT2D eigenvalue weighted by Gasteiger charge is -2.14. The number of nitrogens with zero attached hydrogens (tertiary/aromatic N) is 3. The lowest BCUT2D eigenvalue weighted by molar-refractivity contribution is 0.318. The smallest absolute Gasteiger partial charge is 0.175 e. The van der Waals surface area contributed by atoms with Crippen molar-refractivity contribution >= 4 is 26.6 Å². The van der Waals surface area contributed by atoms with Gasteiger partial charge < -0.3 is 10.1 Å². The van der Waals surface area contributed by atoms with Crippen molar-refractivity contribution in [3.05, 3.63) is 72.1 Å². The van der Waals surface area contributed by atoms with Gasteiger partial charge in [-0.15, -0.1) is 0 Å². The molecule has 0 saturated heterocycles. The zero-order valence-electron chi connectivity index (χ0n) is 17.6. The molecule has 6 rings (SSSR count). The van der Waals surface area contributed by atoms with Crippen molar-refractivity contribution in [3.63, 3.8) is 0 Å². The number of rotatable bonds is 5. The molecule has 4 aromatic rings. The number of aromatic nitrogens is 3. The maximum absolute atomic E-state index is 14.7. The summed E-state index contributed by atoms with van der Waals surface area (Å²) in [5.74, 6) is 1.33. The Kier molecular flexibility index (Phi) is 4.38. The van der Waals surface area contributed by atoms with E-state index in [2.05, 4.69) is 20.3 Å². The normalized spacial score (nSPS) is 18.5. The van der Waals surface area contributed by atoms with Crippen molar-refractivity contribution in [3.8, 4) is 16.9 Å². The molecule has 0 amide bonds. The minimum absolute atomic E-state index is 0.182. The summed E-state index contributed by atoms with van der Waals surface area (Å²) in [4.78, 5) is 13.4. The Balaban J connectivity index is 1.35. The Morgan fingerprint density at radius 3 is 2.73 bits per heavy atom. The molecule has 1 saturated carbocycles. The Morgan fingerprint density at radius 2 is 1.94 bits per heavy atom. The van der Waals surface area contributed by atoms with Gasteiger partial charge in [-0.25, -0.2) is 27.8 Å². The van der Waals surface area contributed by atoms with E-state index < -0.39 is 9.84 Å². The van der Waals surface area contributed by atoms with Gasteiger partial charge in [0.25, 0.3) is 0 Å². The molecule has 2 unspecified atom stereocenters. The van der Waals surface area contributed by atoms with E-state index >= 15 is 0 Å². The fourth-order valence-corrected chi connectivity index (χ4v) is 5.09. The molecule has 33 heavy (non-hydrogen) atoms. The van der Waals surface area contributed by atoms with E-state index in [9.17, 15) is 12.8 Å². The average molecular weight is 463 g/mol. The van der Waals surface area contributed by atoms with Crippen LogP contribution in [-0.2, 0) is 16.4 Å². The summed E-state index contributed by atoms with van der Waals surface area (Å²) in [6, 6.07) is 9.74. The molecule has 2 aliphatic rings. The minimum atomic E-state index is -3.28. The lowest BCUT2D eigenvalue weighted by atomic mass is 10.0. The Morgan fingerprint density at radius 1 is 1.12 bits per heavy atom. The van der Waals surface area contributed by atoms with E-state index in [0.29, 0.717) is 22.3 Å². The molecule has 9 heteroatoms. The van der Waals surface area contributed by atoms with Crippen LogP contribution in [-0.4, -0.2) is 35.7 Å². The fourth-order valence-electron chi connectivity index (χ4n) is 4.46. The molecule has 2 aromatic carbocycles. The van der Waals surface area contributed by atoms with Gasteiger partial charge in [-0.1, -0.05) is 12.1 Å². The van der Waals surface area contributed by atoms with Crippen LogP contribution in [0.5, 0.6) is 5.75 Å². The van der Waals surface area contributed by atoms with Gasteiger partial charge in [0.2, 0.25) is 0 Å². The summed E-state index contributed by atoms with van der Waals surface area (Å²) < 4.78 is 44.0. The number of pyridine rings is 1. The second-order valence-electron chi connectivity index (χ2n) is 8.39. The first-order valence-electron chi connectivity index (χ1n) is 10.5. The number of benzene rings is 2. The first kappa shape index (κ1) is 20.0. The van der Waals surface area contributed by atoms with Crippen LogP contribution in [0, 0.1) is 5.82 Å². The molecule has 7 nitrogen and oxygen atoms in total. The molecule has 3 heterocycles. The van der Waals surface area contributed by atoms with Gasteiger partial charge in [0.15, 0.2) is 9.84 Å². The molecule has 2 aromatic heterocycles. The highest BCUT2D eigenvalue weighted by Crippen LogP contribution is 2.55. The van der Waals surface area contributed by atoms with Crippen molar-refractivity contribution in [1.82, 2.24) is 15.0 Å². The molecule has 166 valence electrons. The van der Waals surface area contributed by atoms with Gasteiger partial charge in [-0.3, -0.25) is 0 Å². The van der Waals surface area contributed by atoms with Crippen molar-refractivity contribution in [1.29, 1.82) is 0 Å². The highest BCUT2D eigenvalue weighted by Gasteiger charge is 2.49. The molecule has 1 aliphatic heterocycles. The summed E-state index contributed by atoms with van der Waals surface area (Å²) in [6.45, 7) is 0.265. The molecule has 0 bridgehead atoms. The molecule has 2 atom stereocenters. The average Bonchev–Trinajstić information content (AvgIpc) is 3.48. The first-order valence-corrected chi connectivity index (χ1v) is 12.4. The van der Waals surface area contributed by atoms with Crippen LogP contribution in [0.2, 0.25) is 0 Å². The van der Waals surface area contributed by atoms with E-state index in [1.165, 1.54) is 18.6 Å². The number of sulfone groups is 1. The monoisotopic (exact) mass is 462 g/mol. The number of nitrogens with one attached hydrogen (secondary N) is 1. The number of ether oxygens (including phenoxy) is 1. The Bertz CT molecular complexity index is 1520. The quantitative estimate of drug-likeness (QED) is 0.477. The third-order valence-corrected chi connectivity index (χ3v) is 7.34. The highest BCUT2D eigenvalue weighted by molar-refractivity contribution is 7.90. The van der Waals surface area contributed by atoms with Gasteiger partial charge in [0, 0.05) is 47.8 Å². The Labute approximate surface area is 189 Å². The standard InChI is InChI=1S/C24H19FN4O3S/c1-33(30,31)14-4-2-13(3-5-14)16-10-27-24(18-9-26-12-29-23(16)18)28-11-17-19(25)6-7-20-22(17)15-8-21(15)32-20/h2-7,9-10,12,15,21H,8,11H2,1H3,(H,27,28). The minimum Gasteiger partial charge on any atom is -0.489 e. The summed E-state index contributed by atoms with van der Waals surface area (Å²) in [5.41, 5.74) is 3.76. The van der Waals surface area contributed by atoms with Crippen LogP contribution >= 0.6 is 0 Å². The van der Waals surface area contributed by atoms with Gasteiger partial charge >= 0.3 is 0 Å². The van der Waals surface area contributed by atoms with E-state index in [1.807, 2.05) is 0 Å². The molecule has 1 fully saturated rings. The van der Waals surface area contributed by atoms with Crippen molar-refractivity contribution < 1.29 is 17.5 Å². The van der Waals surface area contributed by atoms with E-state index in [4.69, 9.17) is 4.74 Å². The topological polar surface area (TPSA) is 94.1 Å². The number of anilines is 1. The predicted octanol–water partition coefficient (Wildman–Crippen LogP) is 4.09. The predicted molar refractivity (Wildman–Crippen MR) is 121 cm³/mol. The third kappa shape index (κ3) is 3.39. The maximum atomic E-state index is 14.7. The van der Waals surface area contributed by atoms with Crippen molar-refractivity contribution in [2.45, 2.75) is 29.9 Å². The molecule has 1 aliphatic carbocycles. The summed E-state index contributed by atoms with van der Waals surface area (Å²) >= 11 is 0. The van der Waals surface area contributed by atoms with Crippen molar-refractivity contribution in [2.24, 2.45) is 0 Å². The molecule has 0 radical (unpaired) electrons. The zero-order chi connectivity index (χ0) is 22.7. The number of halogens is 1. The zero-order valence-corrected chi connectivity index (χ0v) is 18.4. The van der Waals surface area contributed by atoms with Gasteiger partial charge in [0.1, 0.15) is 29.8 Å². The SMILES string of the molecule is CS(=O)(=O)c1ccc(-c2cnc(NCc3c(F)ccc4c3C3CC3O4)c3cncnc23)cc1. The molecular weight excluding hydrogens is 443 g/mol. The summed E-state index contributed by atoms with van der Waals surface area (Å²) in [6.07, 6.45) is 7.09. The molecule has 0 spiro atoms. The van der Waals surface area contributed by atoms with E-state index in [-0.39, 0.29) is 29.3 Å². The van der Waals surface area contributed by atoms with E-state index in [1.54, 1.807) is 42.7 Å². The van der Waals surface area contributed by atoms with Crippen LogP contribution in [0.15, 0.2) is 60.0 Å².